The summed E-state index contributed by atoms with van der Waals surface area (Å²) in [7, 11) is -25.1. The average molecular weight is 1120 g/mol. The lowest BCUT2D eigenvalue weighted by molar-refractivity contribution is -0.442. The number of ether oxygens (including phenoxy) is 2. The maximum Gasteiger partial charge on any atom is 0.335 e. The number of allylic oxidation sites excluding steroid dienone is 4. The fraction of sp³-hybridized carbons (Fsp3) is 0.378. The standard InChI is InChI=1S/C45H49N3O21S5/c1-44(2)37(46(18-21-68-19-15-41(51)69-48-39(49)13-14-40(48)50)33-11-9-29-31(42(33)44)23-27(71(55,56)57)25-35(29)73(61,62)63)7-5-8-38-45(3,16-6-22-70(52,53)54)43-32-24-28(72(58,59)60)26-36(74(64,65)66)30(32)10-12-34(43)47(38)17-20-67-4/h5,7-12,23-26H,6,13-22H2,1-4H3,(H4-,52,53,54,55,56,57,58,59,60,61,62,63,64,65,66)/p-4. The van der Waals surface area contributed by atoms with Gasteiger partial charge in [-0.3, -0.25) is 9.59 Å². The van der Waals surface area contributed by atoms with Gasteiger partial charge in [0.15, 0.2) is 12.3 Å². The molecule has 1 unspecified atom stereocenters. The highest BCUT2D eigenvalue weighted by Gasteiger charge is 2.47. The van der Waals surface area contributed by atoms with E-state index in [-0.39, 0.29) is 91.3 Å². The molecule has 0 spiro atoms. The van der Waals surface area contributed by atoms with Gasteiger partial charge >= 0.3 is 5.97 Å². The maximum atomic E-state index is 12.6. The van der Waals surface area contributed by atoms with Crippen molar-refractivity contribution in [1.82, 2.24) is 5.06 Å². The quantitative estimate of drug-likeness (QED) is 0.0529. The van der Waals surface area contributed by atoms with Gasteiger partial charge in [-0.05, 0) is 97.8 Å². The van der Waals surface area contributed by atoms with Crippen molar-refractivity contribution in [2.24, 2.45) is 0 Å². The molecule has 0 radical (unpaired) electrons. The summed E-state index contributed by atoms with van der Waals surface area (Å²) in [6.45, 7) is 4.49. The van der Waals surface area contributed by atoms with E-state index in [0.29, 0.717) is 40.0 Å². The SMILES string of the molecule is COCCN1C(=CC=CC2=[N+](CCOCCC(=O)ON3C(=O)CCC3=O)c3ccc4c(S(=O)(=O)[O-])cc(S(=O)(=O)[O-])cc4c3C2(C)C)C(C)(CCCS(=O)(=O)[O-])c2c1ccc1c(S(=O)(=O)[O-])cc(S(=O)(=O)[O-])cc21. The predicted octanol–water partition coefficient (Wildman–Crippen LogP) is 2.19. The normalized spacial score (nSPS) is 19.0. The second kappa shape index (κ2) is 20.2. The minimum atomic E-state index is -5.45. The van der Waals surface area contributed by atoms with Crippen LogP contribution in [0, 0.1) is 0 Å². The topological polar surface area (TPSA) is 374 Å². The van der Waals surface area contributed by atoms with E-state index in [4.69, 9.17) is 14.3 Å². The van der Waals surface area contributed by atoms with Gasteiger partial charge in [-0.1, -0.05) is 12.1 Å². The minimum absolute atomic E-state index is 0.0215. The second-order valence-corrected chi connectivity index (χ2v) is 25.1. The van der Waals surface area contributed by atoms with Crippen molar-refractivity contribution in [1.29, 1.82) is 0 Å². The molecule has 4 aromatic rings. The first kappa shape index (κ1) is 56.2. The number of carbonyl (C=O) groups excluding carboxylic acids is 3. The summed E-state index contributed by atoms with van der Waals surface area (Å²) >= 11 is 0. The highest BCUT2D eigenvalue weighted by atomic mass is 32.2. The smallest absolute Gasteiger partial charge is 0.335 e. The number of methoxy groups -OCH3 is 1. The van der Waals surface area contributed by atoms with E-state index < -0.39 is 111 Å². The molecule has 0 aromatic heterocycles. The van der Waals surface area contributed by atoms with Crippen molar-refractivity contribution >= 4 is 107 Å². The molecule has 1 atom stereocenters. The van der Waals surface area contributed by atoms with Gasteiger partial charge in [0.1, 0.15) is 47.1 Å². The summed E-state index contributed by atoms with van der Waals surface area (Å²) in [6.07, 6.45) is 3.54. The number of nitrogens with zero attached hydrogens (tertiary/aromatic N) is 3. The summed E-state index contributed by atoms with van der Waals surface area (Å²) in [6, 6.07) is 8.18. The molecule has 74 heavy (non-hydrogen) atoms. The molecule has 400 valence electrons. The highest BCUT2D eigenvalue weighted by molar-refractivity contribution is 7.87. The van der Waals surface area contributed by atoms with E-state index in [0.717, 1.165) is 12.1 Å². The van der Waals surface area contributed by atoms with Gasteiger partial charge in [-0.15, -0.1) is 5.06 Å². The van der Waals surface area contributed by atoms with E-state index in [9.17, 15) is 79.2 Å². The second-order valence-electron chi connectivity index (χ2n) is 18.1. The monoisotopic (exact) mass is 1120 g/mol. The third kappa shape index (κ3) is 11.2. The Hall–Kier alpha value is -5.57. The van der Waals surface area contributed by atoms with Crippen LogP contribution in [0.2, 0.25) is 0 Å². The van der Waals surface area contributed by atoms with Crippen LogP contribution in [0.1, 0.15) is 64.0 Å². The number of rotatable bonds is 20. The molecule has 0 saturated carbocycles. The summed E-state index contributed by atoms with van der Waals surface area (Å²) < 4.78 is 199. The number of hydrogen-bond acceptors (Lipinski definition) is 22. The van der Waals surface area contributed by atoms with Crippen LogP contribution >= 0.6 is 0 Å². The van der Waals surface area contributed by atoms with Crippen molar-refractivity contribution in [2.45, 2.75) is 83.3 Å². The molecule has 1 fully saturated rings. The van der Waals surface area contributed by atoms with Crippen LogP contribution in [-0.4, -0.2) is 144 Å². The third-order valence-corrected chi connectivity index (χ3v) is 17.1. The molecular weight excluding hydrogens is 1080 g/mol. The summed E-state index contributed by atoms with van der Waals surface area (Å²) in [5, 5.41) is -0.357. The lowest BCUT2D eigenvalue weighted by Crippen LogP contribution is -2.32. The molecule has 0 aliphatic carbocycles. The molecule has 1 saturated heterocycles. The zero-order valence-electron chi connectivity index (χ0n) is 39.6. The predicted molar refractivity (Wildman–Crippen MR) is 253 cm³/mol. The van der Waals surface area contributed by atoms with Gasteiger partial charge in [0.2, 0.25) is 5.69 Å². The number of amides is 2. The van der Waals surface area contributed by atoms with E-state index in [1.807, 2.05) is 0 Å². The zero-order valence-corrected chi connectivity index (χ0v) is 43.7. The Labute approximate surface area is 425 Å². The molecule has 0 bridgehead atoms. The van der Waals surface area contributed by atoms with E-state index in [1.165, 1.54) is 37.5 Å². The Balaban J connectivity index is 1.39. The van der Waals surface area contributed by atoms with Crippen molar-refractivity contribution in [2.75, 3.05) is 50.7 Å². The van der Waals surface area contributed by atoms with Crippen LogP contribution in [0.5, 0.6) is 0 Å². The molecule has 7 rings (SSSR count). The first-order valence-electron chi connectivity index (χ1n) is 22.1. The minimum Gasteiger partial charge on any atom is -0.748 e. The summed E-state index contributed by atoms with van der Waals surface area (Å²) in [5.41, 5.74) is -1.04. The Kier molecular flexibility index (Phi) is 15.3. The van der Waals surface area contributed by atoms with Gasteiger partial charge in [0, 0.05) is 72.1 Å². The molecule has 3 aliphatic rings. The summed E-state index contributed by atoms with van der Waals surface area (Å²) in [4.78, 5) is 38.9. The highest BCUT2D eigenvalue weighted by Crippen LogP contribution is 2.54. The zero-order chi connectivity index (χ0) is 54.7. The Morgan fingerprint density at radius 3 is 1.80 bits per heavy atom. The van der Waals surface area contributed by atoms with Crippen molar-refractivity contribution in [3.05, 3.63) is 83.6 Å². The number of imide groups is 1. The fourth-order valence-electron chi connectivity index (χ4n) is 9.81. The Morgan fingerprint density at radius 2 is 1.27 bits per heavy atom. The van der Waals surface area contributed by atoms with Crippen molar-refractivity contribution in [3.8, 4) is 0 Å². The maximum absolute atomic E-state index is 12.6. The number of carbonyl (C=O) groups is 3. The van der Waals surface area contributed by atoms with Crippen LogP contribution in [-0.2, 0) is 90.1 Å². The number of benzene rings is 4. The van der Waals surface area contributed by atoms with Gasteiger partial charge in [0.25, 0.3) is 11.8 Å². The lowest BCUT2D eigenvalue weighted by Gasteiger charge is -2.31. The van der Waals surface area contributed by atoms with Gasteiger partial charge in [-0.2, -0.15) is 4.58 Å². The van der Waals surface area contributed by atoms with Crippen LogP contribution in [0.3, 0.4) is 0 Å². The lowest BCUT2D eigenvalue weighted by atomic mass is 9.75. The fourth-order valence-corrected chi connectivity index (χ4v) is 12.9. The molecular formula is C45H45N3O21S5-4. The first-order valence-corrected chi connectivity index (χ1v) is 29.4. The Bertz CT molecular complexity index is 3720. The molecule has 0 N–H and O–H groups in total. The number of hydrogen-bond donors (Lipinski definition) is 0. The van der Waals surface area contributed by atoms with Crippen molar-refractivity contribution in [3.63, 3.8) is 0 Å². The number of hydroxylamine groups is 2. The largest absolute Gasteiger partial charge is 0.748 e. The molecule has 24 nitrogen and oxygen atoms in total. The van der Waals surface area contributed by atoms with Crippen molar-refractivity contribution < 1.29 is 98.1 Å². The average Bonchev–Trinajstić information content (AvgIpc) is 3.81. The first-order chi connectivity index (χ1) is 34.2. The van der Waals surface area contributed by atoms with E-state index in [1.54, 1.807) is 42.4 Å². The van der Waals surface area contributed by atoms with Crippen LogP contribution in [0.15, 0.2) is 92.0 Å². The number of anilines is 1. The van der Waals surface area contributed by atoms with Crippen LogP contribution < -0.4 is 4.90 Å². The van der Waals surface area contributed by atoms with Gasteiger partial charge in [-0.25, -0.2) is 46.9 Å². The molecule has 3 aliphatic heterocycles. The number of fused-ring (bicyclic) bond motifs is 6. The van der Waals surface area contributed by atoms with E-state index >= 15 is 0 Å². The molecule has 4 aromatic carbocycles. The van der Waals surface area contributed by atoms with Crippen LogP contribution in [0.25, 0.3) is 21.5 Å². The third-order valence-electron chi connectivity index (χ3n) is 13.0. The molecule has 2 amide bonds. The van der Waals surface area contributed by atoms with Gasteiger partial charge < -0.3 is 42.0 Å². The summed E-state index contributed by atoms with van der Waals surface area (Å²) in [5.74, 6) is -3.19. The molecule has 29 heteroatoms. The Morgan fingerprint density at radius 1 is 0.716 bits per heavy atom. The van der Waals surface area contributed by atoms with E-state index in [2.05, 4.69) is 0 Å². The molecule has 3 heterocycles. The van der Waals surface area contributed by atoms with Gasteiger partial charge in [0.05, 0.1) is 54.7 Å². The van der Waals surface area contributed by atoms with Crippen LogP contribution in [0.4, 0.5) is 11.4 Å².